The van der Waals surface area contributed by atoms with Crippen molar-refractivity contribution < 1.29 is 5.11 Å². The summed E-state index contributed by atoms with van der Waals surface area (Å²) in [5, 5.41) is 10.1. The zero-order chi connectivity index (χ0) is 11.4. The average molecular weight is 211 g/mol. The normalized spacial score (nSPS) is 10.3. The average Bonchev–Trinajstić information content (AvgIpc) is 2.33. The van der Waals surface area contributed by atoms with Gasteiger partial charge in [0.1, 0.15) is 5.75 Å². The minimum Gasteiger partial charge on any atom is -0.507 e. The van der Waals surface area contributed by atoms with Crippen LogP contribution >= 0.6 is 0 Å². The van der Waals surface area contributed by atoms with Crippen molar-refractivity contribution in [2.75, 3.05) is 0 Å². The van der Waals surface area contributed by atoms with Gasteiger partial charge in [0.2, 0.25) is 0 Å². The minimum absolute atomic E-state index is 0.386. The zero-order valence-electron chi connectivity index (χ0n) is 9.19. The second kappa shape index (κ2) is 4.84. The number of rotatable bonds is 3. The maximum Gasteiger partial charge on any atom is 0.126 e. The van der Waals surface area contributed by atoms with Crippen LogP contribution in [0.15, 0.2) is 48.5 Å². The fourth-order valence-electron chi connectivity index (χ4n) is 1.83. The Hall–Kier alpha value is -1.76. The van der Waals surface area contributed by atoms with Gasteiger partial charge in [-0.15, -0.1) is 0 Å². The fraction of sp³-hybridized carbons (Fsp3) is 0.133. The van der Waals surface area contributed by atoms with Crippen LogP contribution in [0.25, 0.3) is 11.1 Å². The summed E-state index contributed by atoms with van der Waals surface area (Å²) in [6, 6.07) is 15.8. The van der Waals surface area contributed by atoms with E-state index in [4.69, 9.17) is 0 Å². The molecular formula is C15H15O. The molecular weight excluding hydrogens is 196 g/mol. The topological polar surface area (TPSA) is 20.2 Å². The molecule has 1 nitrogen and oxygen atoms in total. The van der Waals surface area contributed by atoms with Crippen molar-refractivity contribution in [3.63, 3.8) is 0 Å². The van der Waals surface area contributed by atoms with Crippen LogP contribution < -0.4 is 0 Å². The Kier molecular flexibility index (Phi) is 3.25. The summed E-state index contributed by atoms with van der Waals surface area (Å²) in [7, 11) is 0. The maximum atomic E-state index is 10.1. The standard InChI is InChI=1S/C15H15O/c1-2-7-13-10-6-11-14(15(13)16)12-8-4-3-5-9-12/h3-6,8-11,16H,1-2,7H2. The molecule has 0 aromatic heterocycles. The smallest absolute Gasteiger partial charge is 0.126 e. The Bertz CT molecular complexity index is 460. The highest BCUT2D eigenvalue weighted by molar-refractivity contribution is 5.71. The predicted octanol–water partition coefficient (Wildman–Crippen LogP) is 3.83. The van der Waals surface area contributed by atoms with Gasteiger partial charge in [-0.3, -0.25) is 0 Å². The molecule has 0 saturated carbocycles. The predicted molar refractivity (Wildman–Crippen MR) is 67.2 cm³/mol. The van der Waals surface area contributed by atoms with Crippen molar-refractivity contribution in [3.8, 4) is 16.9 Å². The lowest BCUT2D eigenvalue weighted by molar-refractivity contribution is 0.470. The lowest BCUT2D eigenvalue weighted by Gasteiger charge is -2.09. The SMILES string of the molecule is [CH2]CCc1cccc(-c2ccccc2)c1O. The third kappa shape index (κ3) is 2.08. The number of aromatic hydroxyl groups is 1. The van der Waals surface area contributed by atoms with E-state index in [0.717, 1.165) is 29.5 Å². The molecule has 1 N–H and O–H groups in total. The maximum absolute atomic E-state index is 10.1. The van der Waals surface area contributed by atoms with E-state index < -0.39 is 0 Å². The molecule has 16 heavy (non-hydrogen) atoms. The molecule has 0 fully saturated rings. The van der Waals surface area contributed by atoms with Crippen molar-refractivity contribution in [2.45, 2.75) is 12.8 Å². The first-order valence-electron chi connectivity index (χ1n) is 5.48. The molecule has 0 atom stereocenters. The number of hydrogen-bond acceptors (Lipinski definition) is 1. The van der Waals surface area contributed by atoms with Gasteiger partial charge in [0.25, 0.3) is 0 Å². The van der Waals surface area contributed by atoms with Crippen LogP contribution in [0.1, 0.15) is 12.0 Å². The number of hydrogen-bond donors (Lipinski definition) is 1. The monoisotopic (exact) mass is 211 g/mol. The van der Waals surface area contributed by atoms with Gasteiger partial charge in [0, 0.05) is 5.56 Å². The minimum atomic E-state index is 0.386. The van der Waals surface area contributed by atoms with Crippen LogP contribution in [0.5, 0.6) is 5.75 Å². The Morgan fingerprint density at radius 1 is 0.938 bits per heavy atom. The van der Waals surface area contributed by atoms with Crippen molar-refractivity contribution in [1.82, 2.24) is 0 Å². The van der Waals surface area contributed by atoms with Gasteiger partial charge < -0.3 is 5.11 Å². The summed E-state index contributed by atoms with van der Waals surface area (Å²) < 4.78 is 0. The van der Waals surface area contributed by atoms with Crippen LogP contribution in [0.3, 0.4) is 0 Å². The molecule has 2 aromatic carbocycles. The van der Waals surface area contributed by atoms with Gasteiger partial charge in [-0.2, -0.15) is 0 Å². The highest BCUT2D eigenvalue weighted by Gasteiger charge is 2.07. The molecule has 0 heterocycles. The summed E-state index contributed by atoms with van der Waals surface area (Å²) in [6.07, 6.45) is 1.61. The molecule has 81 valence electrons. The van der Waals surface area contributed by atoms with E-state index in [2.05, 4.69) is 6.92 Å². The number of benzene rings is 2. The molecule has 0 aliphatic rings. The number of para-hydroxylation sites is 1. The van der Waals surface area contributed by atoms with Crippen molar-refractivity contribution in [1.29, 1.82) is 0 Å². The van der Waals surface area contributed by atoms with Crippen molar-refractivity contribution in [2.24, 2.45) is 0 Å². The quantitative estimate of drug-likeness (QED) is 0.818. The van der Waals surface area contributed by atoms with Gasteiger partial charge in [-0.25, -0.2) is 0 Å². The van der Waals surface area contributed by atoms with Crippen molar-refractivity contribution >= 4 is 0 Å². The first kappa shape index (κ1) is 10.7. The van der Waals surface area contributed by atoms with Crippen LogP contribution in [-0.2, 0) is 6.42 Å². The molecule has 0 amide bonds. The zero-order valence-corrected chi connectivity index (χ0v) is 9.19. The van der Waals surface area contributed by atoms with E-state index in [1.165, 1.54) is 0 Å². The molecule has 2 rings (SSSR count). The number of phenols is 1. The van der Waals surface area contributed by atoms with E-state index in [1.54, 1.807) is 0 Å². The van der Waals surface area contributed by atoms with Gasteiger partial charge in [-0.05, 0) is 24.0 Å². The largest absolute Gasteiger partial charge is 0.507 e. The van der Waals surface area contributed by atoms with Gasteiger partial charge in [-0.1, -0.05) is 55.5 Å². The highest BCUT2D eigenvalue weighted by Crippen LogP contribution is 2.32. The molecule has 0 unspecified atom stereocenters. The molecule has 0 aliphatic heterocycles. The van der Waals surface area contributed by atoms with E-state index in [9.17, 15) is 5.11 Å². The lowest BCUT2D eigenvalue weighted by Crippen LogP contribution is -1.87. The van der Waals surface area contributed by atoms with Gasteiger partial charge >= 0.3 is 0 Å². The molecule has 0 spiro atoms. The summed E-state index contributed by atoms with van der Waals surface area (Å²) in [5.41, 5.74) is 2.91. The van der Waals surface area contributed by atoms with Crippen LogP contribution in [0, 0.1) is 6.92 Å². The van der Waals surface area contributed by atoms with Gasteiger partial charge in [0.15, 0.2) is 0 Å². The van der Waals surface area contributed by atoms with E-state index >= 15 is 0 Å². The third-order valence-corrected chi connectivity index (χ3v) is 2.65. The Balaban J connectivity index is 2.46. The number of aryl methyl sites for hydroxylation is 1. The Morgan fingerprint density at radius 3 is 2.38 bits per heavy atom. The number of phenolic OH excluding ortho intramolecular Hbond substituents is 1. The molecule has 0 bridgehead atoms. The summed E-state index contributed by atoms with van der Waals surface area (Å²) in [5.74, 6) is 0.386. The van der Waals surface area contributed by atoms with Gasteiger partial charge in [0.05, 0.1) is 0 Å². The Labute approximate surface area is 96.4 Å². The Morgan fingerprint density at radius 2 is 1.69 bits per heavy atom. The van der Waals surface area contributed by atoms with E-state index in [0.29, 0.717) is 5.75 Å². The summed E-state index contributed by atoms with van der Waals surface area (Å²) >= 11 is 0. The second-order valence-corrected chi connectivity index (χ2v) is 3.78. The molecule has 1 radical (unpaired) electrons. The van der Waals surface area contributed by atoms with E-state index in [1.807, 2.05) is 48.5 Å². The van der Waals surface area contributed by atoms with Crippen molar-refractivity contribution in [3.05, 3.63) is 61.0 Å². The summed E-state index contributed by atoms with van der Waals surface area (Å²) in [6.45, 7) is 3.81. The molecule has 1 heteroatoms. The second-order valence-electron chi connectivity index (χ2n) is 3.78. The molecule has 2 aromatic rings. The first-order valence-corrected chi connectivity index (χ1v) is 5.48. The van der Waals surface area contributed by atoms with E-state index in [-0.39, 0.29) is 0 Å². The summed E-state index contributed by atoms with van der Waals surface area (Å²) in [4.78, 5) is 0. The molecule has 0 aliphatic carbocycles. The fourth-order valence-corrected chi connectivity index (χ4v) is 1.83. The van der Waals surface area contributed by atoms with Crippen LogP contribution in [0.4, 0.5) is 0 Å². The lowest BCUT2D eigenvalue weighted by atomic mass is 9.99. The first-order chi connectivity index (χ1) is 7.83. The van der Waals surface area contributed by atoms with Crippen LogP contribution in [-0.4, -0.2) is 5.11 Å². The highest BCUT2D eigenvalue weighted by atomic mass is 16.3. The van der Waals surface area contributed by atoms with Crippen LogP contribution in [0.2, 0.25) is 0 Å². The third-order valence-electron chi connectivity index (χ3n) is 2.65. The molecule has 0 saturated heterocycles.